The van der Waals surface area contributed by atoms with Crippen LogP contribution in [0.2, 0.25) is 0 Å². The number of rotatable bonds is 8. The predicted octanol–water partition coefficient (Wildman–Crippen LogP) is 1.89. The lowest BCUT2D eigenvalue weighted by Gasteiger charge is -2.14. The minimum atomic E-state index is -1.74. The average molecular weight is 451 g/mol. The van der Waals surface area contributed by atoms with Gasteiger partial charge in [-0.3, -0.25) is 4.79 Å². The van der Waals surface area contributed by atoms with Gasteiger partial charge in [0.05, 0.1) is 13.1 Å². The van der Waals surface area contributed by atoms with Crippen LogP contribution in [0.1, 0.15) is 33.1 Å². The summed E-state index contributed by atoms with van der Waals surface area (Å²) in [6.45, 7) is -0.491. The Bertz CT molecular complexity index is 1140. The summed E-state index contributed by atoms with van der Waals surface area (Å²) in [6, 6.07) is 16.0. The molecule has 1 atom stereocenters. The Balaban J connectivity index is 1.33. The quantitative estimate of drug-likeness (QED) is 0.405. The van der Waals surface area contributed by atoms with Crippen molar-refractivity contribution in [2.75, 3.05) is 13.2 Å². The molecule has 10 nitrogen and oxygen atoms in total. The van der Waals surface area contributed by atoms with E-state index in [0.29, 0.717) is 0 Å². The molecule has 0 saturated heterocycles. The van der Waals surface area contributed by atoms with Crippen molar-refractivity contribution in [2.24, 2.45) is 0 Å². The Morgan fingerprint density at radius 1 is 1.03 bits per heavy atom. The first-order chi connectivity index (χ1) is 16.0. The number of carboxylic acids is 1. The van der Waals surface area contributed by atoms with Crippen molar-refractivity contribution in [3.05, 3.63) is 77.2 Å². The van der Waals surface area contributed by atoms with Crippen molar-refractivity contribution in [1.29, 1.82) is 0 Å². The van der Waals surface area contributed by atoms with Gasteiger partial charge in [0, 0.05) is 5.92 Å². The number of aliphatic carboxylic acids is 1. The van der Waals surface area contributed by atoms with Gasteiger partial charge < -0.3 is 30.1 Å². The second-order valence-electron chi connectivity index (χ2n) is 7.42. The van der Waals surface area contributed by atoms with Crippen molar-refractivity contribution >= 4 is 18.0 Å². The molecule has 0 aliphatic heterocycles. The highest BCUT2D eigenvalue weighted by Crippen LogP contribution is 2.44. The van der Waals surface area contributed by atoms with Gasteiger partial charge in [-0.2, -0.15) is 0 Å². The number of alkyl carbamates (subject to hydrolysis) is 1. The predicted molar refractivity (Wildman–Crippen MR) is 114 cm³/mol. The third-order valence-electron chi connectivity index (χ3n) is 5.37. The number of nitrogens with one attached hydrogen (secondary N) is 2. The maximum Gasteiger partial charge on any atom is 0.407 e. The first-order valence-electron chi connectivity index (χ1n) is 10.2. The van der Waals surface area contributed by atoms with E-state index in [4.69, 9.17) is 14.4 Å². The summed E-state index contributed by atoms with van der Waals surface area (Å²) < 4.78 is 10.2. The van der Waals surface area contributed by atoms with Crippen LogP contribution >= 0.6 is 0 Å². The molecule has 1 aliphatic carbocycles. The number of carboxylic acid groups (broad SMARTS) is 1. The summed E-state index contributed by atoms with van der Waals surface area (Å²) in [7, 11) is 0. The number of nitrogens with zero attached hydrogens (tertiary/aromatic N) is 1. The molecule has 1 heterocycles. The molecular formula is C23H21N3O7. The number of carbonyl (C=O) groups excluding carboxylic acids is 2. The zero-order valence-electron chi connectivity index (χ0n) is 17.4. The maximum absolute atomic E-state index is 12.3. The number of carbonyl (C=O) groups is 3. The van der Waals surface area contributed by atoms with Crippen LogP contribution in [-0.2, 0) is 16.1 Å². The van der Waals surface area contributed by atoms with E-state index < -0.39 is 30.6 Å². The molecule has 33 heavy (non-hydrogen) atoms. The normalized spacial score (nSPS) is 13.0. The Morgan fingerprint density at radius 2 is 1.67 bits per heavy atom. The Morgan fingerprint density at radius 3 is 2.30 bits per heavy atom. The van der Waals surface area contributed by atoms with Crippen LogP contribution in [0.3, 0.4) is 0 Å². The van der Waals surface area contributed by atoms with Gasteiger partial charge in [-0.1, -0.05) is 53.7 Å². The van der Waals surface area contributed by atoms with Gasteiger partial charge >= 0.3 is 12.1 Å². The summed E-state index contributed by atoms with van der Waals surface area (Å²) in [5.41, 5.74) is 4.55. The Labute approximate surface area is 188 Å². The summed E-state index contributed by atoms with van der Waals surface area (Å²) in [5, 5.41) is 26.4. The van der Waals surface area contributed by atoms with Gasteiger partial charge in [0.25, 0.3) is 5.91 Å². The number of fused-ring (bicyclic) bond motifs is 3. The highest BCUT2D eigenvalue weighted by Gasteiger charge is 2.29. The number of hydrogen-bond donors (Lipinski definition) is 4. The lowest BCUT2D eigenvalue weighted by molar-refractivity contribution is -0.146. The van der Waals surface area contributed by atoms with Crippen molar-refractivity contribution in [1.82, 2.24) is 15.8 Å². The largest absolute Gasteiger partial charge is 0.479 e. The molecule has 0 radical (unpaired) electrons. The number of benzene rings is 2. The maximum atomic E-state index is 12.3. The second-order valence-corrected chi connectivity index (χ2v) is 7.42. The van der Waals surface area contributed by atoms with Gasteiger partial charge in [-0.15, -0.1) is 0 Å². The van der Waals surface area contributed by atoms with E-state index in [1.54, 1.807) is 0 Å². The smallest absolute Gasteiger partial charge is 0.407 e. The van der Waals surface area contributed by atoms with Gasteiger partial charge in [0.1, 0.15) is 24.1 Å². The molecule has 0 bridgehead atoms. The zero-order chi connectivity index (χ0) is 23.4. The van der Waals surface area contributed by atoms with Crippen molar-refractivity contribution < 1.29 is 33.9 Å². The molecule has 4 N–H and O–H groups in total. The number of hydrogen-bond acceptors (Lipinski definition) is 7. The number of aliphatic hydroxyl groups excluding tert-OH is 1. The van der Waals surface area contributed by atoms with Crippen LogP contribution in [0.4, 0.5) is 4.79 Å². The molecule has 0 fully saturated rings. The lowest BCUT2D eigenvalue weighted by atomic mass is 9.98. The summed E-state index contributed by atoms with van der Waals surface area (Å²) in [6.07, 6.45) is -1.36. The molecule has 2 aromatic carbocycles. The second kappa shape index (κ2) is 9.53. The fourth-order valence-corrected chi connectivity index (χ4v) is 3.75. The number of ether oxygens (including phenoxy) is 1. The molecule has 4 rings (SSSR count). The monoisotopic (exact) mass is 451 g/mol. The molecule has 0 unspecified atom stereocenters. The van der Waals surface area contributed by atoms with Gasteiger partial charge in [-0.05, 0) is 22.3 Å². The number of aromatic nitrogens is 1. The Hall–Kier alpha value is -4.18. The SMILES string of the molecule is O=C(NCc1nocc1C(=O)NC[C@H](O)C(=O)O)OCC1c2ccccc2-c2ccccc21. The van der Waals surface area contributed by atoms with Crippen molar-refractivity contribution in [3.63, 3.8) is 0 Å². The van der Waals surface area contributed by atoms with Crippen LogP contribution < -0.4 is 10.6 Å². The van der Waals surface area contributed by atoms with Crippen LogP contribution in [-0.4, -0.2) is 52.6 Å². The molecule has 1 aromatic heterocycles. The third kappa shape index (κ3) is 4.70. The summed E-state index contributed by atoms with van der Waals surface area (Å²) in [5.74, 6) is -2.24. The van der Waals surface area contributed by atoms with Crippen molar-refractivity contribution in [2.45, 2.75) is 18.6 Å². The van der Waals surface area contributed by atoms with E-state index >= 15 is 0 Å². The molecular weight excluding hydrogens is 430 g/mol. The first-order valence-corrected chi connectivity index (χ1v) is 10.2. The topological polar surface area (TPSA) is 151 Å². The van der Waals surface area contributed by atoms with Crippen LogP contribution in [0.15, 0.2) is 59.3 Å². The van der Waals surface area contributed by atoms with E-state index in [2.05, 4.69) is 15.8 Å². The standard InChI is InChI=1S/C23H21N3O7/c27-20(22(29)30)10-24-21(28)18-12-33-26-19(18)9-25-23(31)32-11-17-15-7-3-1-5-13(15)14-6-2-4-8-16(14)17/h1-8,12,17,20,27H,9-11H2,(H,24,28)(H,25,31)(H,29,30)/t20-/m0/s1. The van der Waals surface area contributed by atoms with Crippen LogP contribution in [0, 0.1) is 0 Å². The lowest BCUT2D eigenvalue weighted by Crippen LogP contribution is -2.37. The highest BCUT2D eigenvalue weighted by atomic mass is 16.5. The van der Waals surface area contributed by atoms with Crippen LogP contribution in [0.5, 0.6) is 0 Å². The van der Waals surface area contributed by atoms with Crippen molar-refractivity contribution in [3.8, 4) is 11.1 Å². The average Bonchev–Trinajstić information content (AvgIpc) is 3.42. The van der Waals surface area contributed by atoms with E-state index in [1.165, 1.54) is 0 Å². The molecule has 2 amide bonds. The summed E-state index contributed by atoms with van der Waals surface area (Å²) in [4.78, 5) is 35.1. The van der Waals surface area contributed by atoms with E-state index in [-0.39, 0.29) is 30.3 Å². The minimum Gasteiger partial charge on any atom is -0.479 e. The first kappa shape index (κ1) is 22.0. The molecule has 0 saturated carbocycles. The fraction of sp³-hybridized carbons (Fsp3) is 0.217. The Kier molecular flexibility index (Phi) is 6.36. The molecule has 1 aliphatic rings. The van der Waals surface area contributed by atoms with Gasteiger partial charge in [-0.25, -0.2) is 9.59 Å². The van der Waals surface area contributed by atoms with E-state index in [9.17, 15) is 19.5 Å². The number of aliphatic hydroxyl groups is 1. The van der Waals surface area contributed by atoms with E-state index in [0.717, 1.165) is 28.5 Å². The van der Waals surface area contributed by atoms with E-state index in [1.807, 2.05) is 48.5 Å². The van der Waals surface area contributed by atoms with Gasteiger partial charge in [0.2, 0.25) is 0 Å². The van der Waals surface area contributed by atoms with Gasteiger partial charge in [0.15, 0.2) is 6.10 Å². The van der Waals surface area contributed by atoms with Crippen LogP contribution in [0.25, 0.3) is 11.1 Å². The highest BCUT2D eigenvalue weighted by molar-refractivity contribution is 5.95. The zero-order valence-corrected chi connectivity index (χ0v) is 17.4. The molecule has 10 heteroatoms. The minimum absolute atomic E-state index is 0.00605. The molecule has 170 valence electrons. The number of amides is 2. The third-order valence-corrected chi connectivity index (χ3v) is 5.37. The molecule has 3 aromatic rings. The molecule has 0 spiro atoms. The fourth-order valence-electron chi connectivity index (χ4n) is 3.75. The summed E-state index contributed by atoms with van der Waals surface area (Å²) >= 11 is 0.